The lowest BCUT2D eigenvalue weighted by Crippen LogP contribution is -2.66. The number of hydrogen-bond donors (Lipinski definition) is 6. The van der Waals surface area contributed by atoms with E-state index in [1.165, 1.54) is 21.6 Å². The van der Waals surface area contributed by atoms with Crippen LogP contribution in [0.4, 0.5) is 0 Å². The summed E-state index contributed by atoms with van der Waals surface area (Å²) in [5, 5.41) is 16.0. The molecule has 6 N–H and O–H groups in total. The summed E-state index contributed by atoms with van der Waals surface area (Å²) in [5.41, 5.74) is 0. The standard InChI is InChI=1S/C94H145N9O44/c1-19-67(120)33-34-77(125)143-68(20-2)90(126)103(41-39-101(75(123)31-23-27-45-129-93-80(99-53(5)106)88(141-65(17)118)84(137-61(13)114)71(146-93)49-133-57(9)110)37-35-95-73(121)29-21-25-43-127-91-78(97-51(3)104)86(139-63(15)116)82(135-59(11)112)69(144-91)47-131-55(7)108)42-40-102(76(124)32-24-28-46-130-94-81(100-54(6)107)89(142-66(18)119)85(138-62(14)115)72(147-94)50-134-58(10)111)38-36-96-74(122)30-22-26-44-128-92-79(98-52(4)105)87(140-64(16)117)83(136-60(12)113)70(145-92)48-132-56(8)109/h68-72,78-89,91-94H,19-50H2,1-18H3,(H,95,121)(H,96,122)(H,97,104)(H,98,105)(H,99,106)(H,100,107)/t68?,69?,70?,71?,72?,78?,79?,80?,81?,82-,83-,84-,85-,86+,87+,88+,89+,91+,92+,93+,94+/m0/s1. The zero-order valence-electron chi connectivity index (χ0n) is 86.6. The van der Waals surface area contributed by atoms with Gasteiger partial charge < -0.3 is 146 Å². The van der Waals surface area contributed by atoms with Crippen molar-refractivity contribution in [3.63, 3.8) is 0 Å². The summed E-state index contributed by atoms with van der Waals surface area (Å²) in [6.07, 6.45) is -25.1. The van der Waals surface area contributed by atoms with Gasteiger partial charge in [0.15, 0.2) is 80.1 Å². The summed E-state index contributed by atoms with van der Waals surface area (Å²) in [7, 11) is 0. The van der Waals surface area contributed by atoms with Gasteiger partial charge in [-0.3, -0.25) is 110 Å². The smallest absolute Gasteiger partial charge is 0.307 e. The van der Waals surface area contributed by atoms with Crippen LogP contribution in [0.15, 0.2) is 0 Å². The molecule has 9 unspecified atom stereocenters. The third kappa shape index (κ3) is 48.5. The second-order valence-electron chi connectivity index (χ2n) is 34.8. The minimum Gasteiger partial charge on any atom is -0.463 e. The summed E-state index contributed by atoms with van der Waals surface area (Å²) in [6, 6.07) is -5.30. The van der Waals surface area contributed by atoms with Gasteiger partial charge in [-0.15, -0.1) is 0 Å². The molecule has 0 radical (unpaired) electrons. The van der Waals surface area contributed by atoms with E-state index in [1.807, 2.05) is 0 Å². The molecule has 147 heavy (non-hydrogen) atoms. The Labute approximate surface area is 850 Å². The molecule has 4 aliphatic rings. The van der Waals surface area contributed by atoms with Gasteiger partial charge in [-0.25, -0.2) is 0 Å². The van der Waals surface area contributed by atoms with Crippen molar-refractivity contribution < 1.29 is 210 Å². The Morgan fingerprint density at radius 1 is 0.279 bits per heavy atom. The fourth-order valence-corrected chi connectivity index (χ4v) is 15.9. The maximum absolute atomic E-state index is 15.3. The predicted octanol–water partition coefficient (Wildman–Crippen LogP) is -0.842. The molecule has 9 amide bonds. The first-order valence-corrected chi connectivity index (χ1v) is 48.6. The summed E-state index contributed by atoms with van der Waals surface area (Å²) < 4.78 is 120. The molecule has 53 nitrogen and oxygen atoms in total. The number of carbonyl (C=O) groups is 23. The van der Waals surface area contributed by atoms with E-state index in [0.29, 0.717) is 0 Å². The Kier molecular flexibility index (Phi) is 57.7. The molecule has 830 valence electrons. The van der Waals surface area contributed by atoms with Crippen molar-refractivity contribution in [3.05, 3.63) is 0 Å². The van der Waals surface area contributed by atoms with E-state index < -0.39 is 305 Å². The molecule has 21 atom stereocenters. The summed E-state index contributed by atoms with van der Waals surface area (Å²) in [4.78, 5) is 302. The predicted molar refractivity (Wildman–Crippen MR) is 496 cm³/mol. The van der Waals surface area contributed by atoms with Gasteiger partial charge in [0.25, 0.3) is 5.91 Å². The van der Waals surface area contributed by atoms with Crippen molar-refractivity contribution in [2.24, 2.45) is 0 Å². The highest BCUT2D eigenvalue weighted by atomic mass is 16.7. The van der Waals surface area contributed by atoms with E-state index in [-0.39, 0.29) is 168 Å². The fraction of sp³-hybridized carbons (Fsp3) is 0.755. The fourth-order valence-electron chi connectivity index (χ4n) is 15.9. The van der Waals surface area contributed by atoms with Crippen LogP contribution in [0.25, 0.3) is 0 Å². The molecule has 4 heterocycles. The van der Waals surface area contributed by atoms with Crippen LogP contribution in [0.3, 0.4) is 0 Å². The number of hydrogen-bond acceptors (Lipinski definition) is 44. The zero-order valence-corrected chi connectivity index (χ0v) is 86.6. The van der Waals surface area contributed by atoms with Crippen molar-refractivity contribution in [1.29, 1.82) is 0 Å². The quantitative estimate of drug-likeness (QED) is 0.0246. The molecule has 0 aromatic rings. The number of Topliss-reactive ketones (excluding diaryl/α,β-unsaturated/α-hetero) is 1. The molecule has 4 fully saturated rings. The Morgan fingerprint density at radius 3 is 0.755 bits per heavy atom. The largest absolute Gasteiger partial charge is 0.463 e. The van der Waals surface area contributed by atoms with Gasteiger partial charge in [-0.2, -0.15) is 0 Å². The minimum atomic E-state index is -1.55. The van der Waals surface area contributed by atoms with E-state index in [2.05, 4.69) is 31.9 Å². The number of rotatable bonds is 63. The van der Waals surface area contributed by atoms with Crippen molar-refractivity contribution in [3.8, 4) is 0 Å². The van der Waals surface area contributed by atoms with Crippen LogP contribution in [0, 0.1) is 0 Å². The molecule has 4 rings (SSSR count). The third-order valence-electron chi connectivity index (χ3n) is 22.2. The van der Waals surface area contributed by atoms with Crippen molar-refractivity contribution in [1.82, 2.24) is 46.6 Å². The normalized spacial score (nSPS) is 23.6. The molecule has 4 aliphatic heterocycles. The lowest BCUT2D eigenvalue weighted by atomic mass is 9.96. The van der Waals surface area contributed by atoms with Crippen LogP contribution < -0.4 is 31.9 Å². The van der Waals surface area contributed by atoms with Crippen LogP contribution >= 0.6 is 0 Å². The molecular formula is C94H145N9O44. The SMILES string of the molecule is CCC(=O)CCC(=O)OC(CC)C(=O)N(CCN(CCNC(=O)CCCCO[C@@H]1OC(COC(C)=O)[C@H](OC(C)=O)[C@H](OC(C)=O)C1NC(C)=O)C(=O)CCCCO[C@@H]1OC(COC(C)=O)[C@H](OC(C)=O)[C@H](OC(C)=O)C1NC(C)=O)CCN(CCNC(=O)CCCCO[C@@H]1OC(COC(C)=O)[C@H](OC(C)=O)[C@H](OC(C)=O)C1NC(C)=O)C(=O)CCCCO[C@@H]1OC(COC(C)=O)[C@H](OC(C)=O)[C@H](OC(C)=O)C1NC(C)=O. The van der Waals surface area contributed by atoms with E-state index in [4.69, 9.17) is 99.5 Å². The van der Waals surface area contributed by atoms with Crippen molar-refractivity contribution in [2.45, 2.75) is 356 Å². The Hall–Kier alpha value is -12.3. The molecule has 0 bridgehead atoms. The number of unbranched alkanes of at least 4 members (excludes halogenated alkanes) is 4. The van der Waals surface area contributed by atoms with Crippen LogP contribution in [-0.2, 0) is 210 Å². The van der Waals surface area contributed by atoms with Gasteiger partial charge in [0.1, 0.15) is 80.8 Å². The Morgan fingerprint density at radius 2 is 0.524 bits per heavy atom. The number of ketones is 1. The molecule has 0 spiro atoms. The van der Waals surface area contributed by atoms with Crippen LogP contribution in [0.5, 0.6) is 0 Å². The van der Waals surface area contributed by atoms with Gasteiger partial charge >= 0.3 is 77.6 Å². The number of amides is 9. The first kappa shape index (κ1) is 127. The summed E-state index contributed by atoms with van der Waals surface area (Å²) in [6.45, 7) is 15.2. The third-order valence-corrected chi connectivity index (χ3v) is 22.2. The molecule has 0 aliphatic carbocycles. The molecule has 0 aromatic heterocycles. The van der Waals surface area contributed by atoms with E-state index in [9.17, 15) is 105 Å². The Bertz CT molecular complexity index is 4180. The highest BCUT2D eigenvalue weighted by Gasteiger charge is 2.56. The van der Waals surface area contributed by atoms with Gasteiger partial charge in [0, 0.05) is 228 Å². The van der Waals surface area contributed by atoms with E-state index >= 15 is 4.79 Å². The number of esters is 13. The molecular weight excluding hydrogens is 1960 g/mol. The van der Waals surface area contributed by atoms with Crippen LogP contribution in [0.2, 0.25) is 0 Å². The second-order valence-corrected chi connectivity index (χ2v) is 34.8. The molecule has 53 heteroatoms. The van der Waals surface area contributed by atoms with E-state index in [0.717, 1.165) is 111 Å². The second kappa shape index (κ2) is 66.8. The number of carbonyl (C=O) groups excluding carboxylic acids is 23. The van der Waals surface area contributed by atoms with E-state index in [1.54, 1.807) is 6.92 Å². The van der Waals surface area contributed by atoms with Crippen molar-refractivity contribution >= 4 is 137 Å². The molecule has 0 aromatic carbocycles. The zero-order chi connectivity index (χ0) is 110. The topological polar surface area (TPSA) is 668 Å². The van der Waals surface area contributed by atoms with Crippen molar-refractivity contribution in [2.75, 3.05) is 105 Å². The monoisotopic (exact) mass is 2100 g/mol. The first-order chi connectivity index (χ1) is 69.4. The first-order valence-electron chi connectivity index (χ1n) is 48.6. The molecule has 0 saturated carbocycles. The highest BCUT2D eigenvalue weighted by Crippen LogP contribution is 2.34. The highest BCUT2D eigenvalue weighted by molar-refractivity contribution is 5.87. The van der Waals surface area contributed by atoms with Gasteiger partial charge in [0.2, 0.25) is 47.3 Å². The average Bonchev–Trinajstić information content (AvgIpc) is 0.797. The summed E-state index contributed by atoms with van der Waals surface area (Å²) >= 11 is 0. The maximum Gasteiger partial charge on any atom is 0.307 e. The number of ether oxygens (including phenoxy) is 21. The lowest BCUT2D eigenvalue weighted by molar-refractivity contribution is -0.277. The average molecular weight is 2110 g/mol. The van der Waals surface area contributed by atoms with Gasteiger partial charge in [-0.05, 0) is 57.8 Å². The number of nitrogens with zero attached hydrogens (tertiary/aromatic N) is 3. The summed E-state index contributed by atoms with van der Waals surface area (Å²) in [5.74, 6) is -16.7. The van der Waals surface area contributed by atoms with Crippen LogP contribution in [0.1, 0.15) is 227 Å². The number of nitrogens with one attached hydrogen (secondary N) is 6. The minimum absolute atomic E-state index is 0.0219. The lowest BCUT2D eigenvalue weighted by Gasteiger charge is -2.44. The van der Waals surface area contributed by atoms with Gasteiger partial charge in [-0.1, -0.05) is 13.8 Å². The Balaban J connectivity index is 1.77. The van der Waals surface area contributed by atoms with Gasteiger partial charge in [0.05, 0.1) is 6.42 Å². The van der Waals surface area contributed by atoms with Crippen LogP contribution in [-0.4, -0.2) is 385 Å². The maximum atomic E-state index is 15.3. The molecule has 4 saturated heterocycles.